The van der Waals surface area contributed by atoms with Gasteiger partial charge in [-0.1, -0.05) is 13.3 Å². The van der Waals surface area contributed by atoms with E-state index in [2.05, 4.69) is 15.5 Å². The number of ether oxygens (including phenoxy) is 3. The Morgan fingerprint density at radius 1 is 1.27 bits per heavy atom. The van der Waals surface area contributed by atoms with E-state index in [-0.39, 0.29) is 23.7 Å². The van der Waals surface area contributed by atoms with E-state index in [0.717, 1.165) is 18.9 Å². The molecular formula is C15H19N5O6. The van der Waals surface area contributed by atoms with Gasteiger partial charge in [-0.05, 0) is 16.8 Å². The molecule has 0 amide bonds. The number of carbonyl (C=O) groups excluding carboxylic acids is 1. The van der Waals surface area contributed by atoms with Gasteiger partial charge in [-0.25, -0.2) is 9.48 Å². The summed E-state index contributed by atoms with van der Waals surface area (Å²) < 4.78 is 16.8. The van der Waals surface area contributed by atoms with Crippen molar-refractivity contribution in [2.45, 2.75) is 32.9 Å². The van der Waals surface area contributed by atoms with Crippen molar-refractivity contribution in [2.24, 2.45) is 0 Å². The predicted octanol–water partition coefficient (Wildman–Crippen LogP) is 1.76. The first-order chi connectivity index (χ1) is 12.5. The average molecular weight is 365 g/mol. The fraction of sp³-hybridized carbons (Fsp3) is 0.467. The van der Waals surface area contributed by atoms with E-state index < -0.39 is 16.6 Å². The van der Waals surface area contributed by atoms with Gasteiger partial charge in [0.2, 0.25) is 0 Å². The molecule has 1 heterocycles. The summed E-state index contributed by atoms with van der Waals surface area (Å²) in [7, 11) is 2.70. The fourth-order valence-corrected chi connectivity index (χ4v) is 2.20. The Morgan fingerprint density at radius 2 is 1.96 bits per heavy atom. The maximum atomic E-state index is 12.4. The molecule has 0 fully saturated rings. The zero-order chi connectivity index (χ0) is 19.1. The molecule has 0 N–H and O–H groups in total. The van der Waals surface area contributed by atoms with Crippen LogP contribution < -0.4 is 9.47 Å². The molecular weight excluding hydrogens is 346 g/mol. The lowest BCUT2D eigenvalue weighted by molar-refractivity contribution is -0.385. The van der Waals surface area contributed by atoms with E-state index in [1.807, 2.05) is 6.92 Å². The number of aryl methyl sites for hydroxylation is 1. The van der Waals surface area contributed by atoms with Gasteiger partial charge in [0.1, 0.15) is 5.56 Å². The summed E-state index contributed by atoms with van der Waals surface area (Å²) in [5.74, 6) is -0.213. The van der Waals surface area contributed by atoms with Crippen molar-refractivity contribution in [3.05, 3.63) is 33.6 Å². The lowest BCUT2D eigenvalue weighted by Crippen LogP contribution is -2.13. The van der Waals surface area contributed by atoms with Crippen LogP contribution in [0.3, 0.4) is 0 Å². The Morgan fingerprint density at radius 3 is 2.58 bits per heavy atom. The van der Waals surface area contributed by atoms with E-state index in [9.17, 15) is 14.9 Å². The number of aromatic nitrogens is 4. The van der Waals surface area contributed by atoms with Crippen LogP contribution in [-0.4, -0.2) is 45.3 Å². The molecule has 0 unspecified atom stereocenters. The highest BCUT2D eigenvalue weighted by atomic mass is 16.6. The third-order valence-corrected chi connectivity index (χ3v) is 3.58. The maximum Gasteiger partial charge on any atom is 0.345 e. The first-order valence-electron chi connectivity index (χ1n) is 7.84. The Labute approximate surface area is 149 Å². The molecule has 11 heteroatoms. The number of methoxy groups -OCH3 is 2. The maximum absolute atomic E-state index is 12.4. The number of benzene rings is 1. The molecule has 0 bridgehead atoms. The number of nitrogens with zero attached hydrogens (tertiary/aromatic N) is 5. The smallest absolute Gasteiger partial charge is 0.345 e. The number of nitro benzene ring substituents is 1. The van der Waals surface area contributed by atoms with Crippen LogP contribution in [-0.2, 0) is 17.9 Å². The van der Waals surface area contributed by atoms with Crippen LogP contribution >= 0.6 is 0 Å². The monoisotopic (exact) mass is 365 g/mol. The summed E-state index contributed by atoms with van der Waals surface area (Å²) in [4.78, 5) is 22.9. The van der Waals surface area contributed by atoms with Gasteiger partial charge < -0.3 is 14.2 Å². The molecule has 1 aromatic carbocycles. The lowest BCUT2D eigenvalue weighted by atomic mass is 10.1. The molecule has 11 nitrogen and oxygen atoms in total. The van der Waals surface area contributed by atoms with E-state index >= 15 is 0 Å². The quantitative estimate of drug-likeness (QED) is 0.370. The summed E-state index contributed by atoms with van der Waals surface area (Å²) in [6.07, 6.45) is 1.82. The van der Waals surface area contributed by atoms with Gasteiger partial charge in [0.15, 0.2) is 23.9 Å². The minimum Gasteiger partial charge on any atom is -0.493 e. The predicted molar refractivity (Wildman–Crippen MR) is 88.0 cm³/mol. The van der Waals surface area contributed by atoms with Crippen molar-refractivity contribution >= 4 is 11.7 Å². The third-order valence-electron chi connectivity index (χ3n) is 3.58. The molecule has 0 spiro atoms. The van der Waals surface area contributed by atoms with Crippen LogP contribution in [0.25, 0.3) is 0 Å². The van der Waals surface area contributed by atoms with Gasteiger partial charge in [0.25, 0.3) is 5.69 Å². The number of esters is 1. The first-order valence-corrected chi connectivity index (χ1v) is 7.84. The number of tetrazole rings is 1. The molecule has 1 aromatic heterocycles. The van der Waals surface area contributed by atoms with Gasteiger partial charge in [0.05, 0.1) is 25.2 Å². The SMILES string of the molecule is CCCCn1nnnc1COC(=O)c1cc(OC)c(OC)cc1[N+](=O)[O-]. The molecule has 2 aromatic rings. The van der Waals surface area contributed by atoms with Crippen LogP contribution in [0.1, 0.15) is 35.9 Å². The van der Waals surface area contributed by atoms with Crippen LogP contribution in [0.2, 0.25) is 0 Å². The van der Waals surface area contributed by atoms with Crippen LogP contribution in [0.5, 0.6) is 11.5 Å². The molecule has 0 aliphatic carbocycles. The van der Waals surface area contributed by atoms with Crippen LogP contribution in [0, 0.1) is 10.1 Å². The zero-order valence-corrected chi connectivity index (χ0v) is 14.7. The average Bonchev–Trinajstić information content (AvgIpc) is 3.10. The minimum absolute atomic E-state index is 0.138. The normalized spacial score (nSPS) is 10.4. The van der Waals surface area contributed by atoms with Crippen LogP contribution in [0.15, 0.2) is 12.1 Å². The molecule has 26 heavy (non-hydrogen) atoms. The highest BCUT2D eigenvalue weighted by molar-refractivity contribution is 5.95. The lowest BCUT2D eigenvalue weighted by Gasteiger charge is -2.10. The molecule has 0 atom stereocenters. The fourth-order valence-electron chi connectivity index (χ4n) is 2.20. The van der Waals surface area contributed by atoms with Gasteiger partial charge in [-0.15, -0.1) is 5.10 Å². The standard InChI is InChI=1S/C15H19N5O6/c1-4-5-6-19-14(16-17-18-19)9-26-15(21)10-7-12(24-2)13(25-3)8-11(10)20(22)23/h7-8H,4-6,9H2,1-3H3. The highest BCUT2D eigenvalue weighted by Crippen LogP contribution is 2.34. The van der Waals surface area contributed by atoms with Crippen molar-refractivity contribution in [2.75, 3.05) is 14.2 Å². The van der Waals surface area contributed by atoms with Crippen molar-refractivity contribution in [3.63, 3.8) is 0 Å². The number of nitro groups is 1. The Hall–Kier alpha value is -3.24. The number of hydrogen-bond acceptors (Lipinski definition) is 9. The van der Waals surface area contributed by atoms with E-state index in [0.29, 0.717) is 12.4 Å². The first kappa shape index (κ1) is 19.1. The van der Waals surface area contributed by atoms with Gasteiger partial charge in [0, 0.05) is 12.6 Å². The summed E-state index contributed by atoms with van der Waals surface area (Å²) in [6, 6.07) is 2.32. The van der Waals surface area contributed by atoms with Crippen molar-refractivity contribution in [3.8, 4) is 11.5 Å². The second-order valence-corrected chi connectivity index (χ2v) is 5.23. The number of rotatable bonds is 9. The minimum atomic E-state index is -0.886. The number of carbonyl (C=O) groups is 1. The summed E-state index contributed by atoms with van der Waals surface area (Å²) in [5.41, 5.74) is -0.696. The topological polar surface area (TPSA) is 132 Å². The van der Waals surface area contributed by atoms with E-state index in [1.165, 1.54) is 25.0 Å². The van der Waals surface area contributed by atoms with Gasteiger partial charge in [-0.2, -0.15) is 0 Å². The summed E-state index contributed by atoms with van der Waals surface area (Å²) in [5, 5.41) is 22.4. The second-order valence-electron chi connectivity index (χ2n) is 5.23. The largest absolute Gasteiger partial charge is 0.493 e. The van der Waals surface area contributed by atoms with Crippen molar-refractivity contribution < 1.29 is 23.9 Å². The van der Waals surface area contributed by atoms with E-state index in [1.54, 1.807) is 0 Å². The second kappa shape index (κ2) is 8.74. The molecule has 0 aliphatic rings. The Balaban J connectivity index is 2.21. The van der Waals surface area contributed by atoms with Crippen LogP contribution in [0.4, 0.5) is 5.69 Å². The Kier molecular flexibility index (Phi) is 6.42. The molecule has 0 saturated carbocycles. The van der Waals surface area contributed by atoms with Crippen molar-refractivity contribution in [1.82, 2.24) is 20.2 Å². The number of hydrogen-bond donors (Lipinski definition) is 0. The zero-order valence-electron chi connectivity index (χ0n) is 14.7. The molecule has 140 valence electrons. The molecule has 0 radical (unpaired) electrons. The Bertz CT molecular complexity index is 791. The summed E-state index contributed by atoms with van der Waals surface area (Å²) >= 11 is 0. The number of unbranched alkanes of at least 4 members (excludes halogenated alkanes) is 1. The van der Waals surface area contributed by atoms with Gasteiger partial charge in [-0.3, -0.25) is 10.1 Å². The molecule has 2 rings (SSSR count). The molecule has 0 saturated heterocycles. The third kappa shape index (κ3) is 4.23. The highest BCUT2D eigenvalue weighted by Gasteiger charge is 2.26. The summed E-state index contributed by atoms with van der Waals surface area (Å²) in [6.45, 7) is 2.41. The van der Waals surface area contributed by atoms with E-state index in [4.69, 9.17) is 14.2 Å². The molecule has 0 aliphatic heterocycles. The van der Waals surface area contributed by atoms with Gasteiger partial charge >= 0.3 is 5.97 Å². The van der Waals surface area contributed by atoms with Crippen molar-refractivity contribution in [1.29, 1.82) is 0 Å².